The Morgan fingerprint density at radius 1 is 1.32 bits per heavy atom. The second-order valence-corrected chi connectivity index (χ2v) is 5.21. The van der Waals surface area contributed by atoms with Gasteiger partial charge in [0, 0.05) is 6.54 Å². The zero-order valence-corrected chi connectivity index (χ0v) is 12.8. The number of nitrogens with zero attached hydrogens (tertiary/aromatic N) is 1. The van der Waals surface area contributed by atoms with E-state index in [0.717, 1.165) is 24.9 Å². The number of thiocarbonyl (C=S) groups is 1. The molecule has 0 heterocycles. The van der Waals surface area contributed by atoms with Crippen molar-refractivity contribution in [2.75, 3.05) is 6.54 Å². The molecule has 0 spiro atoms. The number of benzene rings is 1. The van der Waals surface area contributed by atoms with Gasteiger partial charge in [0.15, 0.2) is 5.11 Å². The Hall–Kier alpha value is -1.42. The Morgan fingerprint density at radius 3 is 2.58 bits per heavy atom. The molecule has 0 aliphatic rings. The molecule has 4 heteroatoms. The molecule has 1 aromatic rings. The van der Waals surface area contributed by atoms with Crippen LogP contribution in [0.5, 0.6) is 0 Å². The van der Waals surface area contributed by atoms with Gasteiger partial charge >= 0.3 is 0 Å². The van der Waals surface area contributed by atoms with Gasteiger partial charge in [-0.25, -0.2) is 0 Å². The summed E-state index contributed by atoms with van der Waals surface area (Å²) in [6.45, 7) is 7.41. The zero-order valence-electron chi connectivity index (χ0n) is 11.9. The Kier molecular flexibility index (Phi) is 7.11. The largest absolute Gasteiger partial charge is 0.361 e. The summed E-state index contributed by atoms with van der Waals surface area (Å²) in [7, 11) is 0. The first-order chi connectivity index (χ1) is 9.13. The highest BCUT2D eigenvalue weighted by Crippen LogP contribution is 2.13. The van der Waals surface area contributed by atoms with Crippen molar-refractivity contribution >= 4 is 23.5 Å². The number of unbranched alkanes of at least 4 members (excludes halogenated alkanes) is 1. The van der Waals surface area contributed by atoms with Crippen molar-refractivity contribution in [1.29, 1.82) is 0 Å². The number of nitrogens with one attached hydrogen (secondary N) is 2. The fraction of sp³-hybridized carbons (Fsp3) is 0.467. The minimum atomic E-state index is 0.555. The molecule has 0 amide bonds. The third-order valence-corrected chi connectivity index (χ3v) is 3.03. The summed E-state index contributed by atoms with van der Waals surface area (Å²) in [5.74, 6) is 0.555. The van der Waals surface area contributed by atoms with Gasteiger partial charge < -0.3 is 5.32 Å². The molecule has 0 aliphatic carbocycles. The molecule has 1 rings (SSSR count). The highest BCUT2D eigenvalue weighted by molar-refractivity contribution is 7.80. The molecule has 104 valence electrons. The molecule has 19 heavy (non-hydrogen) atoms. The molecule has 3 nitrogen and oxygen atoms in total. The summed E-state index contributed by atoms with van der Waals surface area (Å²) in [5, 5.41) is 7.79. The van der Waals surface area contributed by atoms with Gasteiger partial charge in [0.1, 0.15) is 0 Å². The SMILES string of the molecule is CCCCNC(=S)N/N=C\c1ccc(C(C)C)cc1. The number of hydrazone groups is 1. The molecule has 0 fully saturated rings. The van der Waals surface area contributed by atoms with Crippen molar-refractivity contribution in [2.45, 2.75) is 39.5 Å². The lowest BCUT2D eigenvalue weighted by Gasteiger charge is -2.06. The van der Waals surface area contributed by atoms with Gasteiger partial charge in [-0.3, -0.25) is 5.43 Å². The summed E-state index contributed by atoms with van der Waals surface area (Å²) < 4.78 is 0. The first-order valence-electron chi connectivity index (χ1n) is 6.80. The van der Waals surface area contributed by atoms with E-state index in [0.29, 0.717) is 11.0 Å². The third-order valence-electron chi connectivity index (χ3n) is 2.80. The molecule has 0 atom stereocenters. The van der Waals surface area contributed by atoms with Crippen LogP contribution < -0.4 is 10.7 Å². The van der Waals surface area contributed by atoms with Crippen molar-refractivity contribution in [3.8, 4) is 0 Å². The summed E-state index contributed by atoms with van der Waals surface area (Å²) >= 11 is 5.10. The lowest BCUT2D eigenvalue weighted by atomic mass is 10.0. The minimum Gasteiger partial charge on any atom is -0.361 e. The maximum absolute atomic E-state index is 5.10. The Bertz CT molecular complexity index is 410. The van der Waals surface area contributed by atoms with E-state index < -0.39 is 0 Å². The van der Waals surface area contributed by atoms with E-state index in [1.165, 1.54) is 5.56 Å². The smallest absolute Gasteiger partial charge is 0.186 e. The van der Waals surface area contributed by atoms with E-state index in [4.69, 9.17) is 12.2 Å². The molecular formula is C15H23N3S. The molecule has 0 radical (unpaired) electrons. The maximum atomic E-state index is 5.10. The molecule has 0 aliphatic heterocycles. The lowest BCUT2D eigenvalue weighted by molar-refractivity contribution is 0.745. The predicted molar refractivity (Wildman–Crippen MR) is 86.8 cm³/mol. The fourth-order valence-electron chi connectivity index (χ4n) is 1.55. The zero-order chi connectivity index (χ0) is 14.1. The van der Waals surface area contributed by atoms with Crippen molar-refractivity contribution in [3.63, 3.8) is 0 Å². The van der Waals surface area contributed by atoms with Crippen LogP contribution in [0.4, 0.5) is 0 Å². The molecule has 2 N–H and O–H groups in total. The highest BCUT2D eigenvalue weighted by atomic mass is 32.1. The average Bonchev–Trinajstić information content (AvgIpc) is 2.39. The van der Waals surface area contributed by atoms with Crippen LogP contribution in [0.1, 0.15) is 50.7 Å². The van der Waals surface area contributed by atoms with E-state index in [1.807, 2.05) is 0 Å². The summed E-state index contributed by atoms with van der Waals surface area (Å²) in [6.07, 6.45) is 4.04. The molecule has 0 unspecified atom stereocenters. The third kappa shape index (κ3) is 6.34. The Labute approximate surface area is 121 Å². The van der Waals surface area contributed by atoms with Crippen LogP contribution >= 0.6 is 12.2 Å². The van der Waals surface area contributed by atoms with Gasteiger partial charge in [-0.15, -0.1) is 0 Å². The first kappa shape index (κ1) is 15.6. The van der Waals surface area contributed by atoms with Crippen LogP contribution in [0.25, 0.3) is 0 Å². The van der Waals surface area contributed by atoms with Crippen molar-refractivity contribution in [1.82, 2.24) is 10.7 Å². The summed E-state index contributed by atoms with van der Waals surface area (Å²) in [6, 6.07) is 8.38. The van der Waals surface area contributed by atoms with E-state index in [9.17, 15) is 0 Å². The second-order valence-electron chi connectivity index (χ2n) is 4.80. The van der Waals surface area contributed by atoms with Crippen molar-refractivity contribution in [3.05, 3.63) is 35.4 Å². The number of rotatable bonds is 6. The van der Waals surface area contributed by atoms with Crippen LogP contribution in [-0.4, -0.2) is 17.9 Å². The van der Waals surface area contributed by atoms with Crippen LogP contribution in [0, 0.1) is 0 Å². The maximum Gasteiger partial charge on any atom is 0.186 e. The molecule has 0 saturated carbocycles. The van der Waals surface area contributed by atoms with Gasteiger partial charge in [0.25, 0.3) is 0 Å². The van der Waals surface area contributed by atoms with Gasteiger partial charge in [-0.1, -0.05) is 51.5 Å². The monoisotopic (exact) mass is 277 g/mol. The quantitative estimate of drug-likeness (QED) is 0.362. The molecule has 0 saturated heterocycles. The normalized spacial score (nSPS) is 10.9. The fourth-order valence-corrected chi connectivity index (χ4v) is 1.71. The van der Waals surface area contributed by atoms with Crippen molar-refractivity contribution in [2.24, 2.45) is 5.10 Å². The van der Waals surface area contributed by atoms with E-state index >= 15 is 0 Å². The van der Waals surface area contributed by atoms with E-state index in [-0.39, 0.29) is 0 Å². The van der Waals surface area contributed by atoms with E-state index in [1.54, 1.807) is 6.21 Å². The van der Waals surface area contributed by atoms with Crippen LogP contribution in [-0.2, 0) is 0 Å². The highest BCUT2D eigenvalue weighted by Gasteiger charge is 1.97. The summed E-state index contributed by atoms with van der Waals surface area (Å²) in [4.78, 5) is 0. The Balaban J connectivity index is 2.37. The number of hydrogen-bond donors (Lipinski definition) is 2. The molecule has 1 aromatic carbocycles. The van der Waals surface area contributed by atoms with Crippen molar-refractivity contribution < 1.29 is 0 Å². The first-order valence-corrected chi connectivity index (χ1v) is 7.21. The van der Waals surface area contributed by atoms with Gasteiger partial charge in [0.2, 0.25) is 0 Å². The number of hydrogen-bond acceptors (Lipinski definition) is 2. The molecule has 0 bridgehead atoms. The van der Waals surface area contributed by atoms with E-state index in [2.05, 4.69) is 60.9 Å². The minimum absolute atomic E-state index is 0.555. The molecule has 0 aromatic heterocycles. The van der Waals surface area contributed by atoms with Crippen LogP contribution in [0.3, 0.4) is 0 Å². The second kappa shape index (κ2) is 8.64. The van der Waals surface area contributed by atoms with Crippen LogP contribution in [0.2, 0.25) is 0 Å². The predicted octanol–water partition coefficient (Wildman–Crippen LogP) is 3.41. The van der Waals surface area contributed by atoms with Gasteiger partial charge in [-0.2, -0.15) is 5.10 Å². The lowest BCUT2D eigenvalue weighted by Crippen LogP contribution is -2.32. The summed E-state index contributed by atoms with van der Waals surface area (Å²) in [5.41, 5.74) is 5.22. The van der Waals surface area contributed by atoms with Gasteiger partial charge in [0.05, 0.1) is 6.21 Å². The standard InChI is InChI=1S/C15H23N3S/c1-4-5-10-16-15(19)18-17-11-13-6-8-14(9-7-13)12(2)3/h6-9,11-12H,4-5,10H2,1-3H3,(H2,16,18,19)/b17-11-. The van der Waals surface area contributed by atoms with Crippen LogP contribution in [0.15, 0.2) is 29.4 Å². The van der Waals surface area contributed by atoms with Gasteiger partial charge in [-0.05, 0) is 35.7 Å². The Morgan fingerprint density at radius 2 is 2.00 bits per heavy atom. The topological polar surface area (TPSA) is 36.4 Å². The molecular weight excluding hydrogens is 254 g/mol. The average molecular weight is 277 g/mol.